The van der Waals surface area contributed by atoms with Crippen LogP contribution in [0.4, 0.5) is 5.95 Å². The maximum absolute atomic E-state index is 12.0. The lowest BCUT2D eigenvalue weighted by Crippen LogP contribution is -2.15. The highest BCUT2D eigenvalue weighted by molar-refractivity contribution is 7.92. The van der Waals surface area contributed by atoms with Crippen molar-refractivity contribution in [2.75, 3.05) is 4.72 Å². The smallest absolute Gasteiger partial charge is 0.337 e. The number of hydrogen-bond acceptors (Lipinski definition) is 6. The second-order valence-corrected chi connectivity index (χ2v) is 5.74. The maximum Gasteiger partial charge on any atom is 0.337 e. The number of carboxylic acid groups (broad SMARTS) is 1. The summed E-state index contributed by atoms with van der Waals surface area (Å²) in [6.07, 6.45) is 0. The van der Waals surface area contributed by atoms with E-state index in [1.54, 1.807) is 0 Å². The number of sulfonamides is 1. The van der Waals surface area contributed by atoms with E-state index in [0.717, 1.165) is 10.9 Å². The van der Waals surface area contributed by atoms with Crippen LogP contribution in [-0.4, -0.2) is 39.7 Å². The van der Waals surface area contributed by atoms with Crippen molar-refractivity contribution in [3.8, 4) is 0 Å². The fourth-order valence-electron chi connectivity index (χ4n) is 1.34. The van der Waals surface area contributed by atoms with Crippen LogP contribution in [-0.2, 0) is 17.1 Å². The Morgan fingerprint density at radius 1 is 1.45 bits per heavy atom. The summed E-state index contributed by atoms with van der Waals surface area (Å²) in [5.41, 5.74) is -0.318. The quantitative estimate of drug-likeness (QED) is 0.833. The van der Waals surface area contributed by atoms with Crippen molar-refractivity contribution in [1.82, 2.24) is 20.2 Å². The number of aryl methyl sites for hydroxylation is 1. The van der Waals surface area contributed by atoms with E-state index < -0.39 is 16.0 Å². The van der Waals surface area contributed by atoms with Crippen LogP contribution in [0, 0.1) is 0 Å². The molecule has 0 aliphatic carbocycles. The number of carboxylic acids is 1. The number of rotatable bonds is 4. The molecule has 1 aromatic heterocycles. The van der Waals surface area contributed by atoms with E-state index in [2.05, 4.69) is 20.1 Å². The van der Waals surface area contributed by atoms with Crippen molar-refractivity contribution in [3.63, 3.8) is 0 Å². The Morgan fingerprint density at radius 3 is 2.70 bits per heavy atom. The van der Waals surface area contributed by atoms with E-state index in [4.69, 9.17) is 16.7 Å². The summed E-state index contributed by atoms with van der Waals surface area (Å²) >= 11 is 5.67. The molecule has 1 aromatic carbocycles. The molecule has 20 heavy (non-hydrogen) atoms. The van der Waals surface area contributed by atoms with Gasteiger partial charge in [-0.15, -0.1) is 5.10 Å². The number of nitrogens with zero attached hydrogens (tertiary/aromatic N) is 4. The Kier molecular flexibility index (Phi) is 3.59. The SMILES string of the molecule is Cn1nnc(NS(=O)(=O)c2ccc(Cl)c(C(=O)O)c2)n1. The van der Waals surface area contributed by atoms with Gasteiger partial charge in [0.05, 0.1) is 22.5 Å². The monoisotopic (exact) mass is 317 g/mol. The predicted molar refractivity (Wildman–Crippen MR) is 68.0 cm³/mol. The molecule has 0 saturated carbocycles. The topological polar surface area (TPSA) is 127 Å². The zero-order valence-corrected chi connectivity index (χ0v) is 11.6. The Labute approximate surface area is 118 Å². The van der Waals surface area contributed by atoms with Crippen molar-refractivity contribution in [2.24, 2.45) is 7.05 Å². The number of aromatic nitrogens is 4. The normalized spacial score (nSPS) is 11.3. The highest BCUT2D eigenvalue weighted by atomic mass is 35.5. The number of nitrogens with one attached hydrogen (secondary N) is 1. The maximum atomic E-state index is 12.0. The molecule has 0 aliphatic rings. The van der Waals surface area contributed by atoms with Crippen LogP contribution < -0.4 is 4.72 Å². The Balaban J connectivity index is 2.39. The third-order valence-electron chi connectivity index (χ3n) is 2.21. The van der Waals surface area contributed by atoms with Crippen LogP contribution in [0.1, 0.15) is 10.4 Å². The minimum atomic E-state index is -4.02. The molecule has 1 heterocycles. The summed E-state index contributed by atoms with van der Waals surface area (Å²) in [6, 6.07) is 3.31. The first-order valence-corrected chi connectivity index (χ1v) is 6.95. The van der Waals surface area contributed by atoms with E-state index >= 15 is 0 Å². The minimum absolute atomic E-state index is 0.0610. The second-order valence-electron chi connectivity index (χ2n) is 3.65. The number of anilines is 1. The van der Waals surface area contributed by atoms with Crippen molar-refractivity contribution in [1.29, 1.82) is 0 Å². The third-order valence-corrected chi connectivity index (χ3v) is 3.87. The molecule has 0 radical (unpaired) electrons. The largest absolute Gasteiger partial charge is 0.478 e. The summed E-state index contributed by atoms with van der Waals surface area (Å²) in [4.78, 5) is 11.7. The fraction of sp³-hybridized carbons (Fsp3) is 0.111. The lowest BCUT2D eigenvalue weighted by molar-refractivity contribution is 0.0697. The molecule has 2 rings (SSSR count). The molecule has 9 nitrogen and oxygen atoms in total. The average molecular weight is 318 g/mol. The summed E-state index contributed by atoms with van der Waals surface area (Å²) < 4.78 is 26.1. The number of tetrazole rings is 1. The molecule has 2 aromatic rings. The van der Waals surface area contributed by atoms with Gasteiger partial charge in [0.25, 0.3) is 16.0 Å². The molecule has 0 saturated heterocycles. The molecule has 0 fully saturated rings. The summed E-state index contributed by atoms with van der Waals surface area (Å²) in [5.74, 6) is -1.55. The molecule has 0 aliphatic heterocycles. The van der Waals surface area contributed by atoms with E-state index in [9.17, 15) is 13.2 Å². The summed E-state index contributed by atoms with van der Waals surface area (Å²) in [6.45, 7) is 0. The van der Waals surface area contributed by atoms with E-state index in [0.29, 0.717) is 0 Å². The van der Waals surface area contributed by atoms with Gasteiger partial charge in [0.1, 0.15) is 0 Å². The molecule has 0 atom stereocenters. The van der Waals surface area contributed by atoms with Crippen LogP contribution in [0.3, 0.4) is 0 Å². The lowest BCUT2D eigenvalue weighted by Gasteiger charge is -2.06. The standard InChI is InChI=1S/C9H8ClN5O4S/c1-15-12-9(11-14-15)13-20(18,19)5-2-3-7(10)6(4-5)8(16)17/h2-4H,1H3,(H,12,13)(H,16,17). The number of carbonyl (C=O) groups is 1. The van der Waals surface area contributed by atoms with Gasteiger partial charge < -0.3 is 5.11 Å². The third kappa shape index (κ3) is 2.86. The number of hydrogen-bond donors (Lipinski definition) is 2. The zero-order chi connectivity index (χ0) is 14.9. The van der Waals surface area contributed by atoms with Crippen LogP contribution in [0.2, 0.25) is 5.02 Å². The average Bonchev–Trinajstić information content (AvgIpc) is 2.73. The highest BCUT2D eigenvalue weighted by Crippen LogP contribution is 2.21. The summed E-state index contributed by atoms with van der Waals surface area (Å²) in [7, 11) is -2.56. The van der Waals surface area contributed by atoms with Crippen molar-refractivity contribution in [2.45, 2.75) is 4.90 Å². The molecule has 0 bridgehead atoms. The van der Waals surface area contributed by atoms with Crippen LogP contribution in [0.5, 0.6) is 0 Å². The molecule has 0 amide bonds. The van der Waals surface area contributed by atoms with Gasteiger partial charge in [-0.1, -0.05) is 16.7 Å². The van der Waals surface area contributed by atoms with Gasteiger partial charge in [-0.05, 0) is 23.4 Å². The van der Waals surface area contributed by atoms with Gasteiger partial charge in [0.15, 0.2) is 0 Å². The Hall–Kier alpha value is -2.20. The van der Waals surface area contributed by atoms with Gasteiger partial charge in [-0.3, -0.25) is 0 Å². The van der Waals surface area contributed by atoms with Crippen molar-refractivity contribution >= 4 is 33.5 Å². The minimum Gasteiger partial charge on any atom is -0.478 e. The molecule has 0 spiro atoms. The molecule has 2 N–H and O–H groups in total. The number of aromatic carboxylic acids is 1. The van der Waals surface area contributed by atoms with Gasteiger partial charge in [-0.2, -0.15) is 4.80 Å². The van der Waals surface area contributed by atoms with Gasteiger partial charge >= 0.3 is 5.97 Å². The second kappa shape index (κ2) is 5.06. The molecule has 106 valence electrons. The first-order valence-electron chi connectivity index (χ1n) is 5.09. The molecular weight excluding hydrogens is 310 g/mol. The van der Waals surface area contributed by atoms with E-state index in [-0.39, 0.29) is 21.4 Å². The number of halogens is 1. The molecular formula is C9H8ClN5O4S. The molecule has 11 heteroatoms. The van der Waals surface area contributed by atoms with Crippen molar-refractivity contribution in [3.05, 3.63) is 28.8 Å². The van der Waals surface area contributed by atoms with Crippen LogP contribution in [0.25, 0.3) is 0 Å². The van der Waals surface area contributed by atoms with Gasteiger partial charge in [0.2, 0.25) is 0 Å². The fourth-order valence-corrected chi connectivity index (χ4v) is 2.50. The number of benzene rings is 1. The lowest BCUT2D eigenvalue weighted by atomic mass is 10.2. The first-order chi connectivity index (χ1) is 9.29. The van der Waals surface area contributed by atoms with Crippen LogP contribution in [0.15, 0.2) is 23.1 Å². The van der Waals surface area contributed by atoms with Crippen molar-refractivity contribution < 1.29 is 18.3 Å². The summed E-state index contributed by atoms with van der Waals surface area (Å²) in [5, 5.41) is 19.4. The highest BCUT2D eigenvalue weighted by Gasteiger charge is 2.20. The van der Waals surface area contributed by atoms with E-state index in [1.165, 1.54) is 19.2 Å². The first kappa shape index (κ1) is 14.2. The van der Waals surface area contributed by atoms with Crippen LogP contribution >= 0.6 is 11.6 Å². The van der Waals surface area contributed by atoms with Gasteiger partial charge in [-0.25, -0.2) is 17.9 Å². The Morgan fingerprint density at radius 2 is 2.15 bits per heavy atom. The Bertz CT molecular complexity index is 772. The van der Waals surface area contributed by atoms with E-state index in [1.807, 2.05) is 0 Å². The zero-order valence-electron chi connectivity index (χ0n) is 9.98. The molecule has 0 unspecified atom stereocenters. The van der Waals surface area contributed by atoms with Gasteiger partial charge in [0, 0.05) is 0 Å². The predicted octanol–water partition coefficient (Wildman–Crippen LogP) is 0.362.